The molecule has 0 radical (unpaired) electrons. The summed E-state index contributed by atoms with van der Waals surface area (Å²) in [6.45, 7) is 6.46. The van der Waals surface area contributed by atoms with Gasteiger partial charge in [0.1, 0.15) is 11.8 Å². The van der Waals surface area contributed by atoms with E-state index in [0.717, 1.165) is 0 Å². The van der Waals surface area contributed by atoms with Crippen LogP contribution < -0.4 is 9.61 Å². The van der Waals surface area contributed by atoms with Gasteiger partial charge in [-0.2, -0.15) is 0 Å². The van der Waals surface area contributed by atoms with Crippen LogP contribution in [-0.4, -0.2) is 24.8 Å². The van der Waals surface area contributed by atoms with Crippen LogP contribution in [0.2, 0.25) is 5.02 Å². The molecule has 0 heterocycles. The molecule has 0 aliphatic carbocycles. The highest BCUT2D eigenvalue weighted by Crippen LogP contribution is 2.40. The van der Waals surface area contributed by atoms with E-state index in [-0.39, 0.29) is 6.10 Å². The number of hydrogen-bond acceptors (Lipinski definition) is 4. The van der Waals surface area contributed by atoms with Gasteiger partial charge in [-0.15, -0.1) is 0 Å². The van der Waals surface area contributed by atoms with Gasteiger partial charge in [-0.3, -0.25) is 9.36 Å². The van der Waals surface area contributed by atoms with Crippen molar-refractivity contribution in [2.45, 2.75) is 32.9 Å². The van der Waals surface area contributed by atoms with Crippen LogP contribution in [0.15, 0.2) is 24.3 Å². The van der Waals surface area contributed by atoms with Gasteiger partial charge in [-0.1, -0.05) is 17.7 Å². The second-order valence-corrected chi connectivity index (χ2v) is 7.30. The van der Waals surface area contributed by atoms with E-state index < -0.39 is 19.5 Å². The zero-order valence-corrected chi connectivity index (χ0v) is 13.6. The SMILES string of the molecule is CC(C)OC(=O)[C@H](C)NP(C)(=O)Oc1cccc(Cl)c1. The number of halogens is 1. The molecule has 1 N–H and O–H groups in total. The minimum atomic E-state index is -3.20. The van der Waals surface area contributed by atoms with E-state index in [1.807, 2.05) is 0 Å². The van der Waals surface area contributed by atoms with Gasteiger partial charge < -0.3 is 9.26 Å². The van der Waals surface area contributed by atoms with Crippen LogP contribution in [0.25, 0.3) is 0 Å². The Morgan fingerprint density at radius 2 is 2.00 bits per heavy atom. The van der Waals surface area contributed by atoms with Crippen molar-refractivity contribution in [3.63, 3.8) is 0 Å². The van der Waals surface area contributed by atoms with E-state index in [1.165, 1.54) is 6.66 Å². The van der Waals surface area contributed by atoms with Crippen molar-refractivity contribution in [3.8, 4) is 5.75 Å². The Labute approximate surface area is 124 Å². The monoisotopic (exact) mass is 319 g/mol. The van der Waals surface area contributed by atoms with Crippen molar-refractivity contribution in [1.82, 2.24) is 5.09 Å². The topological polar surface area (TPSA) is 64.6 Å². The first-order valence-corrected chi connectivity index (χ1v) is 8.65. The summed E-state index contributed by atoms with van der Waals surface area (Å²) in [5.74, 6) is -0.1000. The molecule has 0 bridgehead atoms. The lowest BCUT2D eigenvalue weighted by Crippen LogP contribution is -2.35. The number of benzene rings is 1. The number of esters is 1. The molecule has 0 saturated heterocycles. The Morgan fingerprint density at radius 3 is 2.55 bits per heavy atom. The molecule has 1 aromatic carbocycles. The standard InChI is InChI=1S/C13H19ClNO4P/c1-9(2)18-13(16)10(3)15-20(4,17)19-12-7-5-6-11(14)8-12/h5-10H,1-4H3,(H,15,17)/t10-,20?/m0/s1. The first kappa shape index (κ1) is 17.0. The molecule has 5 nitrogen and oxygen atoms in total. The number of carbonyl (C=O) groups is 1. The minimum Gasteiger partial charge on any atom is -0.462 e. The number of nitrogens with one attached hydrogen (secondary N) is 1. The van der Waals surface area contributed by atoms with Crippen molar-refractivity contribution in [2.24, 2.45) is 0 Å². The number of rotatable bonds is 6. The smallest absolute Gasteiger partial charge is 0.323 e. The van der Waals surface area contributed by atoms with Crippen molar-refractivity contribution in [1.29, 1.82) is 0 Å². The third-order valence-electron chi connectivity index (χ3n) is 2.21. The quantitative estimate of drug-likeness (QED) is 0.642. The number of hydrogen-bond donors (Lipinski definition) is 1. The lowest BCUT2D eigenvalue weighted by Gasteiger charge is -2.21. The lowest BCUT2D eigenvalue weighted by molar-refractivity contribution is -0.149. The van der Waals surface area contributed by atoms with Gasteiger partial charge >= 0.3 is 13.5 Å². The Kier molecular flexibility index (Phi) is 6.06. The van der Waals surface area contributed by atoms with Gasteiger partial charge in [0.05, 0.1) is 6.10 Å². The molecule has 2 atom stereocenters. The molecule has 1 aromatic rings. The molecule has 7 heteroatoms. The van der Waals surface area contributed by atoms with Crippen molar-refractivity contribution >= 4 is 25.1 Å². The van der Waals surface area contributed by atoms with Crippen LogP contribution in [0.1, 0.15) is 20.8 Å². The van der Waals surface area contributed by atoms with E-state index in [4.69, 9.17) is 20.9 Å². The average Bonchev–Trinajstić information content (AvgIpc) is 2.26. The summed E-state index contributed by atoms with van der Waals surface area (Å²) < 4.78 is 22.7. The fraction of sp³-hybridized carbons (Fsp3) is 0.462. The molecule has 1 rings (SSSR count). The second kappa shape index (κ2) is 7.11. The third kappa shape index (κ3) is 5.95. The van der Waals surface area contributed by atoms with Crippen LogP contribution in [0.5, 0.6) is 5.75 Å². The molecule has 0 amide bonds. The summed E-state index contributed by atoms with van der Waals surface area (Å²) in [5.41, 5.74) is 0. The van der Waals surface area contributed by atoms with E-state index in [1.54, 1.807) is 45.0 Å². The second-order valence-electron chi connectivity index (χ2n) is 4.73. The van der Waals surface area contributed by atoms with Crippen molar-refractivity contribution in [3.05, 3.63) is 29.3 Å². The Balaban J connectivity index is 2.65. The van der Waals surface area contributed by atoms with Crippen LogP contribution in [0, 0.1) is 0 Å². The lowest BCUT2D eigenvalue weighted by atomic mass is 10.3. The van der Waals surface area contributed by atoms with Gasteiger partial charge in [0, 0.05) is 11.7 Å². The van der Waals surface area contributed by atoms with E-state index in [9.17, 15) is 9.36 Å². The molecule has 0 saturated carbocycles. The molecule has 112 valence electrons. The normalized spacial score (nSPS) is 15.5. The summed E-state index contributed by atoms with van der Waals surface area (Å²) in [4.78, 5) is 11.7. The van der Waals surface area contributed by atoms with Crippen LogP contribution >= 0.6 is 19.1 Å². The molecule has 0 aromatic heterocycles. The van der Waals surface area contributed by atoms with Gasteiger partial charge in [0.25, 0.3) is 0 Å². The van der Waals surface area contributed by atoms with Gasteiger partial charge in [0.15, 0.2) is 0 Å². The van der Waals surface area contributed by atoms with E-state index in [2.05, 4.69) is 5.09 Å². The highest BCUT2D eigenvalue weighted by molar-refractivity contribution is 7.56. The molecule has 1 unspecified atom stereocenters. The Bertz CT molecular complexity index is 521. The zero-order valence-electron chi connectivity index (χ0n) is 11.9. The Morgan fingerprint density at radius 1 is 1.35 bits per heavy atom. The fourth-order valence-corrected chi connectivity index (χ4v) is 3.05. The Hall–Kier alpha value is -1.03. The summed E-state index contributed by atoms with van der Waals surface area (Å²) in [7, 11) is -3.20. The van der Waals surface area contributed by atoms with E-state index in [0.29, 0.717) is 10.8 Å². The largest absolute Gasteiger partial charge is 0.462 e. The molecule has 0 spiro atoms. The number of carbonyl (C=O) groups excluding carboxylic acids is 1. The summed E-state index contributed by atoms with van der Waals surface area (Å²) >= 11 is 5.82. The predicted molar refractivity (Wildman–Crippen MR) is 79.4 cm³/mol. The minimum absolute atomic E-state index is 0.225. The van der Waals surface area contributed by atoms with Crippen LogP contribution in [0.3, 0.4) is 0 Å². The molecule has 0 aliphatic heterocycles. The highest BCUT2D eigenvalue weighted by atomic mass is 35.5. The molecule has 0 aliphatic rings. The van der Waals surface area contributed by atoms with Crippen molar-refractivity contribution < 1.29 is 18.6 Å². The van der Waals surface area contributed by atoms with Gasteiger partial charge in [-0.25, -0.2) is 5.09 Å². The summed E-state index contributed by atoms with van der Waals surface area (Å²) in [6, 6.07) is 5.84. The van der Waals surface area contributed by atoms with Gasteiger partial charge in [-0.05, 0) is 39.0 Å². The maximum absolute atomic E-state index is 12.3. The van der Waals surface area contributed by atoms with E-state index >= 15 is 0 Å². The van der Waals surface area contributed by atoms with Gasteiger partial charge in [0.2, 0.25) is 0 Å². The van der Waals surface area contributed by atoms with Crippen LogP contribution in [0.4, 0.5) is 0 Å². The predicted octanol–water partition coefficient (Wildman–Crippen LogP) is 3.47. The maximum Gasteiger partial charge on any atom is 0.323 e. The molecule has 0 fully saturated rings. The first-order valence-electron chi connectivity index (χ1n) is 6.20. The molecular formula is C13H19ClNO4P. The van der Waals surface area contributed by atoms with Crippen molar-refractivity contribution in [2.75, 3.05) is 6.66 Å². The highest BCUT2D eigenvalue weighted by Gasteiger charge is 2.25. The third-order valence-corrected chi connectivity index (χ3v) is 3.86. The molecular weight excluding hydrogens is 301 g/mol. The summed E-state index contributed by atoms with van der Waals surface area (Å²) in [6.07, 6.45) is -0.225. The first-order chi connectivity index (χ1) is 9.19. The summed E-state index contributed by atoms with van der Waals surface area (Å²) in [5, 5.41) is 3.13. The molecule has 20 heavy (non-hydrogen) atoms. The van der Waals surface area contributed by atoms with Crippen LogP contribution in [-0.2, 0) is 14.1 Å². The number of ether oxygens (including phenoxy) is 1. The fourth-order valence-electron chi connectivity index (χ4n) is 1.49. The maximum atomic E-state index is 12.3. The average molecular weight is 320 g/mol. The zero-order chi connectivity index (χ0) is 15.3.